The largest absolute Gasteiger partial charge is 0.380 e. The van der Waals surface area contributed by atoms with Crippen molar-refractivity contribution < 1.29 is 0 Å². The van der Waals surface area contributed by atoms with Gasteiger partial charge >= 0.3 is 0 Å². The number of dihydropyridines is 1. The standard InChI is InChI=1S/C29H26N2/c1-21-18-29(31-20-27(21)22-10-3-2-4-11-22)26-15-8-6-13-24(26)19-23-12-5-7-14-25(23)28-16-9-17-30-28/h2-18,20,29-31H,19H2,1H3. The molecule has 0 radical (unpaired) electrons. The summed E-state index contributed by atoms with van der Waals surface area (Å²) in [5.74, 6) is 0. The Labute approximate surface area is 184 Å². The Kier molecular flexibility index (Phi) is 5.28. The van der Waals surface area contributed by atoms with Gasteiger partial charge in [-0.25, -0.2) is 0 Å². The van der Waals surface area contributed by atoms with Gasteiger partial charge in [-0.1, -0.05) is 84.9 Å². The minimum atomic E-state index is 0.168. The van der Waals surface area contributed by atoms with Gasteiger partial charge in [-0.15, -0.1) is 0 Å². The van der Waals surface area contributed by atoms with E-state index < -0.39 is 0 Å². The summed E-state index contributed by atoms with van der Waals surface area (Å²) in [5.41, 5.74) is 10.2. The molecule has 0 amide bonds. The van der Waals surface area contributed by atoms with Gasteiger partial charge in [-0.3, -0.25) is 0 Å². The third-order valence-corrected chi connectivity index (χ3v) is 6.01. The molecule has 4 aromatic rings. The van der Waals surface area contributed by atoms with E-state index in [1.807, 2.05) is 6.20 Å². The quantitative estimate of drug-likeness (QED) is 0.373. The molecule has 0 saturated carbocycles. The van der Waals surface area contributed by atoms with E-state index in [1.165, 1.54) is 39.0 Å². The first-order chi connectivity index (χ1) is 15.3. The lowest BCUT2D eigenvalue weighted by Crippen LogP contribution is -2.19. The van der Waals surface area contributed by atoms with E-state index in [0.717, 1.165) is 12.1 Å². The van der Waals surface area contributed by atoms with Crippen LogP contribution in [0.1, 0.15) is 35.2 Å². The fourth-order valence-electron chi connectivity index (χ4n) is 4.42. The molecule has 0 aliphatic carbocycles. The van der Waals surface area contributed by atoms with E-state index in [-0.39, 0.29) is 6.04 Å². The fraction of sp³-hybridized carbons (Fsp3) is 0.103. The Hall–Kier alpha value is -3.78. The highest BCUT2D eigenvalue weighted by atomic mass is 14.9. The Morgan fingerprint density at radius 2 is 1.48 bits per heavy atom. The number of nitrogens with one attached hydrogen (secondary N) is 2. The highest BCUT2D eigenvalue weighted by molar-refractivity contribution is 5.79. The minimum Gasteiger partial charge on any atom is -0.380 e. The molecule has 0 bridgehead atoms. The van der Waals surface area contributed by atoms with Gasteiger partial charge in [0.2, 0.25) is 0 Å². The van der Waals surface area contributed by atoms with Gasteiger partial charge in [0.25, 0.3) is 0 Å². The molecule has 2 N–H and O–H groups in total. The van der Waals surface area contributed by atoms with E-state index in [1.54, 1.807) is 0 Å². The molecule has 2 nitrogen and oxygen atoms in total. The lowest BCUT2D eigenvalue weighted by atomic mass is 9.89. The van der Waals surface area contributed by atoms with E-state index in [9.17, 15) is 0 Å². The van der Waals surface area contributed by atoms with Crippen molar-refractivity contribution in [1.82, 2.24) is 10.3 Å². The maximum Gasteiger partial charge on any atom is 0.0701 e. The van der Waals surface area contributed by atoms with Gasteiger partial charge in [0.05, 0.1) is 6.04 Å². The zero-order valence-corrected chi connectivity index (χ0v) is 17.7. The second-order valence-electron chi connectivity index (χ2n) is 8.03. The molecular weight excluding hydrogens is 376 g/mol. The van der Waals surface area contributed by atoms with Crippen LogP contribution in [0, 0.1) is 0 Å². The van der Waals surface area contributed by atoms with Crippen LogP contribution in [0.15, 0.2) is 115 Å². The second-order valence-corrected chi connectivity index (χ2v) is 8.03. The number of hydrogen-bond donors (Lipinski definition) is 2. The van der Waals surface area contributed by atoms with Crippen LogP contribution in [-0.4, -0.2) is 4.98 Å². The Morgan fingerprint density at radius 1 is 0.742 bits per heavy atom. The van der Waals surface area contributed by atoms with Crippen molar-refractivity contribution in [2.24, 2.45) is 0 Å². The second kappa shape index (κ2) is 8.53. The third-order valence-electron chi connectivity index (χ3n) is 6.01. The molecule has 152 valence electrons. The highest BCUT2D eigenvalue weighted by Gasteiger charge is 2.18. The summed E-state index contributed by atoms with van der Waals surface area (Å²) in [6.45, 7) is 2.20. The molecule has 0 fully saturated rings. The van der Waals surface area contributed by atoms with Crippen molar-refractivity contribution in [2.45, 2.75) is 19.4 Å². The SMILES string of the molecule is CC1=CC(c2ccccc2Cc2ccccc2-c2ccc[nH]2)NC=C1c1ccccc1. The number of H-pyrrole nitrogens is 1. The van der Waals surface area contributed by atoms with E-state index in [4.69, 9.17) is 0 Å². The van der Waals surface area contributed by atoms with Crippen LogP contribution in [0.25, 0.3) is 16.8 Å². The number of aromatic amines is 1. The minimum absolute atomic E-state index is 0.168. The number of aromatic nitrogens is 1. The van der Waals surface area contributed by atoms with Crippen LogP contribution in [0.5, 0.6) is 0 Å². The predicted molar refractivity (Wildman–Crippen MR) is 130 cm³/mol. The summed E-state index contributed by atoms with van der Waals surface area (Å²) in [7, 11) is 0. The first-order valence-corrected chi connectivity index (χ1v) is 10.8. The summed E-state index contributed by atoms with van der Waals surface area (Å²) in [6, 6.07) is 32.4. The van der Waals surface area contributed by atoms with E-state index >= 15 is 0 Å². The van der Waals surface area contributed by atoms with Crippen molar-refractivity contribution in [3.05, 3.63) is 137 Å². The van der Waals surface area contributed by atoms with Crippen LogP contribution < -0.4 is 5.32 Å². The van der Waals surface area contributed by atoms with Crippen LogP contribution in [0.3, 0.4) is 0 Å². The van der Waals surface area contributed by atoms with Gasteiger partial charge in [-0.2, -0.15) is 0 Å². The van der Waals surface area contributed by atoms with Crippen molar-refractivity contribution in [1.29, 1.82) is 0 Å². The van der Waals surface area contributed by atoms with Gasteiger partial charge in [0.1, 0.15) is 0 Å². The monoisotopic (exact) mass is 402 g/mol. The van der Waals surface area contributed by atoms with Gasteiger partial charge in [0.15, 0.2) is 0 Å². The maximum atomic E-state index is 3.64. The number of rotatable bonds is 5. The normalized spacial score (nSPS) is 15.7. The maximum absolute atomic E-state index is 3.64. The number of allylic oxidation sites excluding steroid dienone is 2. The van der Waals surface area contributed by atoms with E-state index in [0.29, 0.717) is 0 Å². The molecular formula is C29H26N2. The molecule has 1 atom stereocenters. The molecule has 2 heteroatoms. The molecule has 1 aromatic heterocycles. The lowest BCUT2D eigenvalue weighted by molar-refractivity contribution is 0.734. The molecule has 3 aromatic carbocycles. The molecule has 1 aliphatic heterocycles. The first kappa shape index (κ1) is 19.2. The smallest absolute Gasteiger partial charge is 0.0701 e. The summed E-state index contributed by atoms with van der Waals surface area (Å²) < 4.78 is 0. The van der Waals surface area contributed by atoms with Crippen molar-refractivity contribution in [3.63, 3.8) is 0 Å². The average Bonchev–Trinajstić information content (AvgIpc) is 3.35. The molecule has 0 spiro atoms. The third kappa shape index (κ3) is 3.97. The van der Waals surface area contributed by atoms with Crippen molar-refractivity contribution in [2.75, 3.05) is 0 Å². The number of benzene rings is 3. The Bertz CT molecular complexity index is 1230. The first-order valence-electron chi connectivity index (χ1n) is 10.8. The number of hydrogen-bond acceptors (Lipinski definition) is 1. The Morgan fingerprint density at radius 3 is 2.26 bits per heavy atom. The molecule has 2 heterocycles. The zero-order valence-electron chi connectivity index (χ0n) is 17.7. The van der Waals surface area contributed by atoms with Crippen LogP contribution >= 0.6 is 0 Å². The van der Waals surface area contributed by atoms with Crippen LogP contribution in [-0.2, 0) is 6.42 Å². The Balaban J connectivity index is 1.45. The molecule has 5 rings (SSSR count). The lowest BCUT2D eigenvalue weighted by Gasteiger charge is -2.25. The van der Waals surface area contributed by atoms with Crippen LogP contribution in [0.4, 0.5) is 0 Å². The predicted octanol–water partition coefficient (Wildman–Crippen LogP) is 6.90. The molecule has 1 aliphatic rings. The van der Waals surface area contributed by atoms with Gasteiger partial charge < -0.3 is 10.3 Å². The van der Waals surface area contributed by atoms with Crippen molar-refractivity contribution in [3.8, 4) is 11.3 Å². The van der Waals surface area contributed by atoms with E-state index in [2.05, 4.69) is 120 Å². The highest BCUT2D eigenvalue weighted by Crippen LogP contribution is 2.32. The summed E-state index contributed by atoms with van der Waals surface area (Å²) in [6.07, 6.45) is 7.39. The molecule has 31 heavy (non-hydrogen) atoms. The zero-order chi connectivity index (χ0) is 21.0. The topological polar surface area (TPSA) is 27.8 Å². The molecule has 1 unspecified atom stereocenters. The van der Waals surface area contributed by atoms with Gasteiger partial charge in [-0.05, 0) is 53.3 Å². The fourth-order valence-corrected chi connectivity index (χ4v) is 4.42. The van der Waals surface area contributed by atoms with Crippen LogP contribution in [0.2, 0.25) is 0 Å². The van der Waals surface area contributed by atoms with Gasteiger partial charge in [0, 0.05) is 29.2 Å². The van der Waals surface area contributed by atoms with Crippen molar-refractivity contribution >= 4 is 5.57 Å². The average molecular weight is 403 g/mol. The summed E-state index contributed by atoms with van der Waals surface area (Å²) in [4.78, 5) is 3.35. The summed E-state index contributed by atoms with van der Waals surface area (Å²) in [5, 5.41) is 3.64. The summed E-state index contributed by atoms with van der Waals surface area (Å²) >= 11 is 0. The molecule has 0 saturated heterocycles.